The molecule has 160 valence electrons. The molecule has 0 aromatic heterocycles. The quantitative estimate of drug-likeness (QED) is 0.609. The number of ether oxygens (including phenoxy) is 1. The van der Waals surface area contributed by atoms with E-state index in [1.165, 1.54) is 44.1 Å². The number of likely N-dealkylation sites (tertiary alicyclic amines) is 2. The van der Waals surface area contributed by atoms with Gasteiger partial charge in [0.1, 0.15) is 5.75 Å². The second-order valence-corrected chi connectivity index (χ2v) is 8.59. The Morgan fingerprint density at radius 3 is 1.90 bits per heavy atom. The van der Waals surface area contributed by atoms with Crippen LogP contribution in [0.4, 0.5) is 0 Å². The first kappa shape index (κ1) is 21.1. The third-order valence-electron chi connectivity index (χ3n) is 6.65. The number of carbonyl (C=O) groups is 1. The highest BCUT2D eigenvalue weighted by Crippen LogP contribution is 2.34. The first-order valence-electron chi connectivity index (χ1n) is 11.5. The van der Waals surface area contributed by atoms with Gasteiger partial charge >= 0.3 is 0 Å². The zero-order valence-electron chi connectivity index (χ0n) is 18.1. The number of hydrogen-bond acceptors (Lipinski definition) is 4. The van der Waals surface area contributed by atoms with Crippen molar-refractivity contribution in [3.8, 4) is 5.75 Å². The van der Waals surface area contributed by atoms with Gasteiger partial charge in [-0.2, -0.15) is 0 Å². The van der Waals surface area contributed by atoms with Crippen LogP contribution in [0.5, 0.6) is 5.75 Å². The molecule has 2 saturated heterocycles. The van der Waals surface area contributed by atoms with Crippen LogP contribution < -0.4 is 4.74 Å². The number of Topliss-reactive ketones (excluding diaryl/α,β-unsaturated/α-hetero) is 1. The lowest BCUT2D eigenvalue weighted by Gasteiger charge is -2.44. The van der Waals surface area contributed by atoms with Crippen molar-refractivity contribution in [2.75, 3.05) is 33.3 Å². The van der Waals surface area contributed by atoms with Crippen molar-refractivity contribution in [1.29, 1.82) is 0 Å². The summed E-state index contributed by atoms with van der Waals surface area (Å²) in [7, 11) is 1.66. The maximum atomic E-state index is 14.0. The number of nitrogens with zero attached hydrogens (tertiary/aromatic N) is 2. The summed E-state index contributed by atoms with van der Waals surface area (Å²) in [6, 6.07) is 18.3. The van der Waals surface area contributed by atoms with Crippen LogP contribution in [0.15, 0.2) is 54.6 Å². The average molecular weight is 407 g/mol. The molecule has 2 heterocycles. The topological polar surface area (TPSA) is 32.8 Å². The zero-order valence-corrected chi connectivity index (χ0v) is 18.1. The van der Waals surface area contributed by atoms with E-state index in [1.54, 1.807) is 7.11 Å². The van der Waals surface area contributed by atoms with Crippen molar-refractivity contribution < 1.29 is 9.53 Å². The van der Waals surface area contributed by atoms with Gasteiger partial charge in [0.2, 0.25) is 0 Å². The molecule has 0 N–H and O–H groups in total. The highest BCUT2D eigenvalue weighted by Gasteiger charge is 2.39. The Bertz CT molecular complexity index is 794. The number of hydrogen-bond donors (Lipinski definition) is 0. The first-order chi connectivity index (χ1) is 14.8. The molecule has 2 fully saturated rings. The van der Waals surface area contributed by atoms with Crippen molar-refractivity contribution in [2.24, 2.45) is 0 Å². The average Bonchev–Trinajstić information content (AvgIpc) is 2.84. The van der Waals surface area contributed by atoms with Gasteiger partial charge in [-0.3, -0.25) is 14.6 Å². The Morgan fingerprint density at radius 1 is 0.767 bits per heavy atom. The largest absolute Gasteiger partial charge is 0.497 e. The molecule has 0 bridgehead atoms. The summed E-state index contributed by atoms with van der Waals surface area (Å²) in [4.78, 5) is 19.0. The van der Waals surface area contributed by atoms with Crippen molar-refractivity contribution >= 4 is 5.78 Å². The van der Waals surface area contributed by atoms with Crippen molar-refractivity contribution in [3.63, 3.8) is 0 Å². The highest BCUT2D eigenvalue weighted by molar-refractivity contribution is 6.00. The van der Waals surface area contributed by atoms with Crippen LogP contribution in [0.1, 0.15) is 60.5 Å². The first-order valence-corrected chi connectivity index (χ1v) is 11.5. The Labute approximate surface area is 180 Å². The van der Waals surface area contributed by atoms with E-state index in [2.05, 4.69) is 40.1 Å². The summed E-state index contributed by atoms with van der Waals surface area (Å²) in [5.41, 5.74) is 2.04. The Kier molecular flexibility index (Phi) is 7.19. The van der Waals surface area contributed by atoms with E-state index in [4.69, 9.17) is 4.74 Å². The van der Waals surface area contributed by atoms with Gasteiger partial charge in [-0.1, -0.05) is 43.2 Å². The molecule has 2 aliphatic heterocycles. The maximum Gasteiger partial charge on any atom is 0.181 e. The van der Waals surface area contributed by atoms with Gasteiger partial charge in [-0.25, -0.2) is 0 Å². The van der Waals surface area contributed by atoms with Gasteiger partial charge in [-0.15, -0.1) is 0 Å². The highest BCUT2D eigenvalue weighted by atomic mass is 16.5. The smallest absolute Gasteiger partial charge is 0.181 e. The van der Waals surface area contributed by atoms with E-state index >= 15 is 0 Å². The molecule has 0 aliphatic carbocycles. The summed E-state index contributed by atoms with van der Waals surface area (Å²) in [6.07, 6.45) is 7.33. The van der Waals surface area contributed by atoms with Crippen LogP contribution in [0.25, 0.3) is 0 Å². The molecule has 4 rings (SSSR count). The second kappa shape index (κ2) is 10.2. The normalized spacial score (nSPS) is 20.4. The van der Waals surface area contributed by atoms with Gasteiger partial charge in [0.25, 0.3) is 0 Å². The molecular formula is C26H34N2O2. The van der Waals surface area contributed by atoms with Crippen molar-refractivity contribution in [2.45, 2.75) is 50.6 Å². The van der Waals surface area contributed by atoms with E-state index in [-0.39, 0.29) is 17.9 Å². The minimum absolute atomic E-state index is 0.0965. The fraction of sp³-hybridized carbons (Fsp3) is 0.500. The molecule has 0 spiro atoms. The van der Waals surface area contributed by atoms with E-state index in [0.29, 0.717) is 0 Å². The SMILES string of the molecule is COc1ccc(C(=O)[C@H]([C@H](c2ccccc2)N2CCCCC2)N2CCCCC2)cc1. The van der Waals surface area contributed by atoms with E-state index in [9.17, 15) is 4.79 Å². The van der Waals surface area contributed by atoms with E-state index < -0.39 is 0 Å². The van der Waals surface area contributed by atoms with Gasteiger partial charge in [0.15, 0.2) is 5.78 Å². The summed E-state index contributed by atoms with van der Waals surface area (Å²) >= 11 is 0. The lowest BCUT2D eigenvalue weighted by atomic mass is 9.88. The molecule has 4 nitrogen and oxygen atoms in total. The molecule has 0 amide bonds. The Balaban J connectivity index is 1.73. The van der Waals surface area contributed by atoms with Crippen LogP contribution in [-0.4, -0.2) is 54.9 Å². The molecule has 2 aromatic rings. The summed E-state index contributed by atoms with van der Waals surface area (Å²) in [6.45, 7) is 4.15. The van der Waals surface area contributed by atoms with Crippen LogP contribution >= 0.6 is 0 Å². The van der Waals surface area contributed by atoms with E-state index in [1.807, 2.05) is 24.3 Å². The van der Waals surface area contributed by atoms with Crippen LogP contribution in [-0.2, 0) is 0 Å². The zero-order chi connectivity index (χ0) is 20.8. The summed E-state index contributed by atoms with van der Waals surface area (Å²) < 4.78 is 5.31. The number of carbonyl (C=O) groups excluding carboxylic acids is 1. The number of rotatable bonds is 7. The molecular weight excluding hydrogens is 372 g/mol. The predicted molar refractivity (Wildman–Crippen MR) is 121 cm³/mol. The molecule has 2 aliphatic rings. The lowest BCUT2D eigenvalue weighted by Crippen LogP contribution is -2.53. The van der Waals surface area contributed by atoms with Crippen LogP contribution in [0.3, 0.4) is 0 Å². The van der Waals surface area contributed by atoms with Gasteiger partial charge in [0, 0.05) is 5.56 Å². The van der Waals surface area contributed by atoms with E-state index in [0.717, 1.165) is 37.5 Å². The molecule has 0 radical (unpaired) electrons. The summed E-state index contributed by atoms with van der Waals surface area (Å²) in [5.74, 6) is 1.02. The van der Waals surface area contributed by atoms with Crippen molar-refractivity contribution in [3.05, 3.63) is 65.7 Å². The molecule has 30 heavy (non-hydrogen) atoms. The number of piperidine rings is 2. The van der Waals surface area contributed by atoms with Crippen LogP contribution in [0, 0.1) is 0 Å². The minimum Gasteiger partial charge on any atom is -0.497 e. The van der Waals surface area contributed by atoms with Gasteiger partial charge in [0.05, 0.1) is 19.2 Å². The molecule has 0 saturated carbocycles. The van der Waals surface area contributed by atoms with Crippen molar-refractivity contribution in [1.82, 2.24) is 9.80 Å². The minimum atomic E-state index is -0.154. The Morgan fingerprint density at radius 2 is 1.33 bits per heavy atom. The number of methoxy groups -OCH3 is 1. The predicted octanol–water partition coefficient (Wildman–Crippen LogP) is 4.96. The summed E-state index contributed by atoms with van der Waals surface area (Å²) in [5, 5.41) is 0. The third-order valence-corrected chi connectivity index (χ3v) is 6.65. The van der Waals surface area contributed by atoms with Gasteiger partial charge in [-0.05, 0) is 81.7 Å². The fourth-order valence-electron chi connectivity index (χ4n) is 5.07. The standard InChI is InChI=1S/C26H34N2O2/c1-30-23-15-13-22(14-16-23)26(29)25(28-19-9-4-10-20-28)24(21-11-5-2-6-12-21)27-17-7-3-8-18-27/h2,5-6,11-16,24-25H,3-4,7-10,17-20H2,1H3/t24-,25-/m0/s1. The molecule has 4 heteroatoms. The maximum absolute atomic E-state index is 14.0. The fourth-order valence-corrected chi connectivity index (χ4v) is 5.07. The molecule has 2 aromatic carbocycles. The van der Waals surface area contributed by atoms with Crippen LogP contribution in [0.2, 0.25) is 0 Å². The second-order valence-electron chi connectivity index (χ2n) is 8.59. The Hall–Kier alpha value is -2.17. The molecule has 2 atom stereocenters. The van der Waals surface area contributed by atoms with Gasteiger partial charge < -0.3 is 4.74 Å². The lowest BCUT2D eigenvalue weighted by molar-refractivity contribution is 0.0425. The number of ketones is 1. The number of benzene rings is 2. The third kappa shape index (κ3) is 4.76. The molecule has 0 unspecified atom stereocenters. The monoisotopic (exact) mass is 406 g/mol.